The number of aliphatic hydroxyl groups excluding tert-OH is 1. The Morgan fingerprint density at radius 3 is 2.89 bits per heavy atom. The van der Waals surface area contributed by atoms with Gasteiger partial charge in [-0.2, -0.15) is 5.10 Å². The molecule has 0 radical (unpaired) electrons. The predicted molar refractivity (Wildman–Crippen MR) is 106 cm³/mol. The zero-order valence-corrected chi connectivity index (χ0v) is 16.2. The SMILES string of the molecule is Cc1cc2ncc(C(=O)NC[C@H](O)CN3CCc4ccccc4C3)c(C)n2n1. The van der Waals surface area contributed by atoms with Crippen LogP contribution in [0.2, 0.25) is 0 Å². The van der Waals surface area contributed by atoms with E-state index in [2.05, 4.69) is 38.5 Å². The molecule has 7 heteroatoms. The molecule has 0 spiro atoms. The van der Waals surface area contributed by atoms with Gasteiger partial charge >= 0.3 is 0 Å². The fraction of sp³-hybridized carbons (Fsp3) is 0.381. The van der Waals surface area contributed by atoms with Crippen molar-refractivity contribution < 1.29 is 9.90 Å². The Bertz CT molecular complexity index is 1010. The third kappa shape index (κ3) is 3.76. The monoisotopic (exact) mass is 379 g/mol. The summed E-state index contributed by atoms with van der Waals surface area (Å²) in [5, 5.41) is 17.6. The highest BCUT2D eigenvalue weighted by atomic mass is 16.3. The second-order valence-corrected chi connectivity index (χ2v) is 7.43. The predicted octanol–water partition coefficient (Wildman–Crippen LogP) is 1.50. The third-order valence-corrected chi connectivity index (χ3v) is 5.27. The molecule has 3 heterocycles. The van der Waals surface area contributed by atoms with E-state index < -0.39 is 6.10 Å². The summed E-state index contributed by atoms with van der Waals surface area (Å²) >= 11 is 0. The average molecular weight is 379 g/mol. The van der Waals surface area contributed by atoms with Gasteiger partial charge in [-0.1, -0.05) is 24.3 Å². The maximum atomic E-state index is 12.6. The van der Waals surface area contributed by atoms with Crippen molar-refractivity contribution in [2.45, 2.75) is 32.9 Å². The first-order chi connectivity index (χ1) is 13.5. The number of hydrogen-bond donors (Lipinski definition) is 2. The maximum absolute atomic E-state index is 12.6. The van der Waals surface area contributed by atoms with Crippen molar-refractivity contribution in [3.63, 3.8) is 0 Å². The highest BCUT2D eigenvalue weighted by Gasteiger charge is 2.20. The van der Waals surface area contributed by atoms with Gasteiger partial charge < -0.3 is 10.4 Å². The van der Waals surface area contributed by atoms with E-state index in [4.69, 9.17) is 0 Å². The van der Waals surface area contributed by atoms with Crippen LogP contribution < -0.4 is 5.32 Å². The van der Waals surface area contributed by atoms with E-state index in [0.29, 0.717) is 12.1 Å². The van der Waals surface area contributed by atoms with E-state index in [-0.39, 0.29) is 12.5 Å². The number of carbonyl (C=O) groups excluding carboxylic acids is 1. The molecule has 1 aliphatic heterocycles. The van der Waals surface area contributed by atoms with Gasteiger partial charge in [-0.3, -0.25) is 9.69 Å². The lowest BCUT2D eigenvalue weighted by Crippen LogP contribution is -2.42. The maximum Gasteiger partial charge on any atom is 0.254 e. The van der Waals surface area contributed by atoms with Crippen molar-refractivity contribution in [1.29, 1.82) is 0 Å². The largest absolute Gasteiger partial charge is 0.390 e. The van der Waals surface area contributed by atoms with Gasteiger partial charge in [-0.15, -0.1) is 0 Å². The first-order valence-corrected chi connectivity index (χ1v) is 9.58. The molecule has 1 amide bonds. The van der Waals surface area contributed by atoms with Gasteiger partial charge in [-0.05, 0) is 31.4 Å². The Morgan fingerprint density at radius 1 is 1.29 bits per heavy atom. The molecule has 0 saturated heterocycles. The molecule has 1 aromatic carbocycles. The molecule has 7 nitrogen and oxygen atoms in total. The van der Waals surface area contributed by atoms with Crippen molar-refractivity contribution in [2.24, 2.45) is 0 Å². The second-order valence-electron chi connectivity index (χ2n) is 7.43. The van der Waals surface area contributed by atoms with E-state index in [1.165, 1.54) is 11.1 Å². The van der Waals surface area contributed by atoms with Crippen molar-refractivity contribution in [3.05, 3.63) is 64.6 Å². The van der Waals surface area contributed by atoms with Crippen LogP contribution in [0.3, 0.4) is 0 Å². The number of benzene rings is 1. The highest BCUT2D eigenvalue weighted by Crippen LogP contribution is 2.18. The van der Waals surface area contributed by atoms with Crippen LogP contribution in [0.5, 0.6) is 0 Å². The molecule has 2 N–H and O–H groups in total. The van der Waals surface area contributed by atoms with Crippen LogP contribution in [-0.4, -0.2) is 56.2 Å². The summed E-state index contributed by atoms with van der Waals surface area (Å²) in [6, 6.07) is 10.3. The van der Waals surface area contributed by atoms with E-state index in [9.17, 15) is 9.90 Å². The minimum Gasteiger partial charge on any atom is -0.390 e. The van der Waals surface area contributed by atoms with Crippen molar-refractivity contribution >= 4 is 11.6 Å². The van der Waals surface area contributed by atoms with Crippen molar-refractivity contribution in [1.82, 2.24) is 24.8 Å². The molecule has 0 fully saturated rings. The number of aromatic nitrogens is 3. The molecule has 0 saturated carbocycles. The Balaban J connectivity index is 1.34. The first kappa shape index (κ1) is 18.6. The number of hydrogen-bond acceptors (Lipinski definition) is 5. The topological polar surface area (TPSA) is 82.8 Å². The summed E-state index contributed by atoms with van der Waals surface area (Å²) in [5.41, 5.74) is 5.47. The van der Waals surface area contributed by atoms with Gasteiger partial charge in [0.1, 0.15) is 0 Å². The smallest absolute Gasteiger partial charge is 0.254 e. The Labute approximate surface area is 164 Å². The molecular weight excluding hydrogens is 354 g/mol. The van der Waals surface area contributed by atoms with Gasteiger partial charge in [-0.25, -0.2) is 9.50 Å². The average Bonchev–Trinajstić information content (AvgIpc) is 3.08. The Hall–Kier alpha value is -2.77. The number of rotatable bonds is 5. The molecule has 1 atom stereocenters. The van der Waals surface area contributed by atoms with Crippen LogP contribution >= 0.6 is 0 Å². The number of nitrogens with one attached hydrogen (secondary N) is 1. The fourth-order valence-electron chi connectivity index (χ4n) is 3.76. The summed E-state index contributed by atoms with van der Waals surface area (Å²) in [5.74, 6) is -0.247. The number of aliphatic hydroxyl groups is 1. The molecule has 4 rings (SSSR count). The quantitative estimate of drug-likeness (QED) is 0.702. The minimum atomic E-state index is -0.627. The van der Waals surface area contributed by atoms with E-state index in [1.54, 1.807) is 10.7 Å². The number of amides is 1. The number of carbonyl (C=O) groups is 1. The normalized spacial score (nSPS) is 15.4. The molecular formula is C21H25N5O2. The number of nitrogens with zero attached hydrogens (tertiary/aromatic N) is 4. The summed E-state index contributed by atoms with van der Waals surface area (Å²) in [6.45, 7) is 6.22. The molecule has 0 bridgehead atoms. The van der Waals surface area contributed by atoms with Crippen LogP contribution in [0.15, 0.2) is 36.5 Å². The number of β-amino-alcohol motifs (C(OH)–C–C–N with tert-alkyl or cyclic N) is 1. The Morgan fingerprint density at radius 2 is 2.07 bits per heavy atom. The van der Waals surface area contributed by atoms with E-state index in [1.807, 2.05) is 26.0 Å². The molecule has 28 heavy (non-hydrogen) atoms. The first-order valence-electron chi connectivity index (χ1n) is 9.58. The summed E-state index contributed by atoms with van der Waals surface area (Å²) < 4.78 is 1.67. The Kier molecular flexibility index (Phi) is 5.11. The molecule has 1 aliphatic rings. The highest BCUT2D eigenvalue weighted by molar-refractivity contribution is 5.95. The molecule has 3 aromatic rings. The number of fused-ring (bicyclic) bond motifs is 2. The van der Waals surface area contributed by atoms with Gasteiger partial charge in [0, 0.05) is 38.4 Å². The van der Waals surface area contributed by atoms with Crippen LogP contribution in [0, 0.1) is 13.8 Å². The van der Waals surface area contributed by atoms with Crippen LogP contribution in [0.1, 0.15) is 32.9 Å². The molecule has 2 aromatic heterocycles. The zero-order chi connectivity index (χ0) is 19.7. The van der Waals surface area contributed by atoms with Gasteiger partial charge in [0.25, 0.3) is 5.91 Å². The lowest BCUT2D eigenvalue weighted by molar-refractivity contribution is 0.0840. The summed E-state index contributed by atoms with van der Waals surface area (Å²) in [4.78, 5) is 19.1. The summed E-state index contributed by atoms with van der Waals surface area (Å²) in [7, 11) is 0. The van der Waals surface area contributed by atoms with Gasteiger partial charge in [0.05, 0.1) is 23.1 Å². The van der Waals surface area contributed by atoms with Crippen molar-refractivity contribution in [2.75, 3.05) is 19.6 Å². The van der Waals surface area contributed by atoms with Crippen LogP contribution in [0.25, 0.3) is 5.65 Å². The number of aryl methyl sites for hydroxylation is 2. The standard InChI is InChI=1S/C21H25N5O2/c1-14-9-20-22-11-19(15(2)26(20)24-14)21(28)23-10-18(27)13-25-8-7-16-5-3-4-6-17(16)12-25/h3-6,9,11,18,27H,7-8,10,12-13H2,1-2H3,(H,23,28)/t18-/m0/s1. The lowest BCUT2D eigenvalue weighted by atomic mass is 10.00. The second kappa shape index (κ2) is 7.69. The van der Waals surface area contributed by atoms with Crippen molar-refractivity contribution in [3.8, 4) is 0 Å². The van der Waals surface area contributed by atoms with E-state index >= 15 is 0 Å². The fourth-order valence-corrected chi connectivity index (χ4v) is 3.76. The van der Waals surface area contributed by atoms with Gasteiger partial charge in [0.15, 0.2) is 5.65 Å². The van der Waals surface area contributed by atoms with Gasteiger partial charge in [0.2, 0.25) is 0 Å². The molecule has 0 aliphatic carbocycles. The summed E-state index contributed by atoms with van der Waals surface area (Å²) in [6.07, 6.45) is 1.93. The molecule has 0 unspecified atom stereocenters. The van der Waals surface area contributed by atoms with Crippen LogP contribution in [-0.2, 0) is 13.0 Å². The minimum absolute atomic E-state index is 0.201. The molecule has 146 valence electrons. The van der Waals surface area contributed by atoms with Crippen LogP contribution in [0.4, 0.5) is 0 Å². The van der Waals surface area contributed by atoms with E-state index in [0.717, 1.165) is 36.5 Å². The third-order valence-electron chi connectivity index (χ3n) is 5.27. The lowest BCUT2D eigenvalue weighted by Gasteiger charge is -2.30. The zero-order valence-electron chi connectivity index (χ0n) is 16.2.